The van der Waals surface area contributed by atoms with E-state index in [4.69, 9.17) is 0 Å². The van der Waals surface area contributed by atoms with E-state index in [-0.39, 0.29) is 12.6 Å². The molecule has 2 amide bonds. The summed E-state index contributed by atoms with van der Waals surface area (Å²) >= 11 is 0. The molecule has 134 valence electrons. The van der Waals surface area contributed by atoms with E-state index < -0.39 is 6.10 Å². The summed E-state index contributed by atoms with van der Waals surface area (Å²) in [6.45, 7) is 7.61. The minimum Gasteiger partial charge on any atom is -0.391 e. The van der Waals surface area contributed by atoms with E-state index in [9.17, 15) is 9.90 Å². The van der Waals surface area contributed by atoms with Crippen LogP contribution in [-0.4, -0.2) is 54.4 Å². The molecule has 3 N–H and O–H groups in total. The summed E-state index contributed by atoms with van der Waals surface area (Å²) in [6.07, 6.45) is 2.35. The summed E-state index contributed by atoms with van der Waals surface area (Å²) in [6, 6.07) is 10.2. The van der Waals surface area contributed by atoms with Gasteiger partial charge in [-0.15, -0.1) is 0 Å². The van der Waals surface area contributed by atoms with Crippen LogP contribution in [0.15, 0.2) is 30.3 Å². The molecule has 0 aliphatic carbocycles. The topological polar surface area (TPSA) is 64.6 Å². The van der Waals surface area contributed by atoms with Gasteiger partial charge in [-0.2, -0.15) is 0 Å². The standard InChI is InChI=1S/C19H31N3O2/c1-15(2)22-10-6-9-17(14-22)12-20-19(24)21-13-18(23)11-16-7-4-3-5-8-16/h3-5,7-8,15,17-18,23H,6,9-14H2,1-2H3,(H2,20,21,24). The molecular weight excluding hydrogens is 302 g/mol. The Hall–Kier alpha value is -1.59. The Labute approximate surface area is 145 Å². The zero-order valence-electron chi connectivity index (χ0n) is 14.9. The van der Waals surface area contributed by atoms with E-state index in [0.29, 0.717) is 24.9 Å². The number of aliphatic hydroxyl groups excluding tert-OH is 1. The molecule has 5 nitrogen and oxygen atoms in total. The Bertz CT molecular complexity index is 493. The van der Waals surface area contributed by atoms with Gasteiger partial charge in [-0.25, -0.2) is 4.79 Å². The van der Waals surface area contributed by atoms with Gasteiger partial charge >= 0.3 is 6.03 Å². The first kappa shape index (κ1) is 18.7. The van der Waals surface area contributed by atoms with Crippen molar-refractivity contribution in [3.63, 3.8) is 0 Å². The maximum absolute atomic E-state index is 11.9. The third kappa shape index (κ3) is 6.49. The molecule has 1 saturated heterocycles. The lowest BCUT2D eigenvalue weighted by molar-refractivity contribution is 0.138. The normalized spacial score (nSPS) is 19.9. The first-order chi connectivity index (χ1) is 11.5. The molecule has 5 heteroatoms. The van der Waals surface area contributed by atoms with Crippen LogP contribution in [0.4, 0.5) is 4.79 Å². The number of hydrogen-bond acceptors (Lipinski definition) is 3. The summed E-state index contributed by atoms with van der Waals surface area (Å²) in [4.78, 5) is 14.4. The number of aliphatic hydroxyl groups is 1. The van der Waals surface area contributed by atoms with Crippen LogP contribution in [0.2, 0.25) is 0 Å². The van der Waals surface area contributed by atoms with Gasteiger partial charge in [0, 0.05) is 32.1 Å². The molecule has 2 rings (SSSR count). The smallest absolute Gasteiger partial charge is 0.314 e. The molecule has 24 heavy (non-hydrogen) atoms. The number of carbonyl (C=O) groups is 1. The molecule has 2 unspecified atom stereocenters. The predicted octanol–water partition coefficient (Wildman–Crippen LogP) is 2.01. The van der Waals surface area contributed by atoms with E-state index in [1.165, 1.54) is 12.8 Å². The number of likely N-dealkylation sites (tertiary alicyclic amines) is 1. The fourth-order valence-electron chi connectivity index (χ4n) is 3.20. The average molecular weight is 333 g/mol. The number of piperidine rings is 1. The Morgan fingerprint density at radius 3 is 2.75 bits per heavy atom. The van der Waals surface area contributed by atoms with Crippen LogP contribution in [0.5, 0.6) is 0 Å². The number of nitrogens with one attached hydrogen (secondary N) is 2. The summed E-state index contributed by atoms with van der Waals surface area (Å²) in [5, 5.41) is 15.7. The summed E-state index contributed by atoms with van der Waals surface area (Å²) in [5.74, 6) is 0.515. The first-order valence-electron chi connectivity index (χ1n) is 9.02. The van der Waals surface area contributed by atoms with Crippen LogP contribution in [0.3, 0.4) is 0 Å². The van der Waals surface area contributed by atoms with Crippen LogP contribution in [0.1, 0.15) is 32.3 Å². The fourth-order valence-corrected chi connectivity index (χ4v) is 3.20. The number of benzene rings is 1. The van der Waals surface area contributed by atoms with E-state index >= 15 is 0 Å². The van der Waals surface area contributed by atoms with Crippen LogP contribution >= 0.6 is 0 Å². The highest BCUT2D eigenvalue weighted by Gasteiger charge is 2.21. The van der Waals surface area contributed by atoms with E-state index in [2.05, 4.69) is 29.4 Å². The van der Waals surface area contributed by atoms with Crippen molar-refractivity contribution in [2.24, 2.45) is 5.92 Å². The Morgan fingerprint density at radius 2 is 2.04 bits per heavy atom. The second-order valence-electron chi connectivity index (χ2n) is 7.03. The zero-order valence-corrected chi connectivity index (χ0v) is 14.9. The molecule has 2 atom stereocenters. The molecule has 0 bridgehead atoms. The van der Waals surface area contributed by atoms with Gasteiger partial charge in [-0.1, -0.05) is 30.3 Å². The monoisotopic (exact) mass is 333 g/mol. The van der Waals surface area contributed by atoms with E-state index in [1.54, 1.807) is 0 Å². The highest BCUT2D eigenvalue weighted by molar-refractivity contribution is 5.73. The zero-order chi connectivity index (χ0) is 17.4. The van der Waals surface area contributed by atoms with Gasteiger partial charge in [-0.05, 0) is 44.7 Å². The minimum absolute atomic E-state index is 0.191. The summed E-state index contributed by atoms with van der Waals surface area (Å²) in [5.41, 5.74) is 1.07. The highest BCUT2D eigenvalue weighted by Crippen LogP contribution is 2.17. The van der Waals surface area contributed by atoms with Gasteiger partial charge in [0.15, 0.2) is 0 Å². The molecule has 1 aliphatic rings. The first-order valence-corrected chi connectivity index (χ1v) is 9.02. The fraction of sp³-hybridized carbons (Fsp3) is 0.632. The van der Waals surface area contributed by atoms with Gasteiger partial charge in [-0.3, -0.25) is 0 Å². The Morgan fingerprint density at radius 1 is 1.29 bits per heavy atom. The van der Waals surface area contributed by atoms with Gasteiger partial charge < -0.3 is 20.6 Å². The summed E-state index contributed by atoms with van der Waals surface area (Å²) < 4.78 is 0. The van der Waals surface area contributed by atoms with Gasteiger partial charge in [0.1, 0.15) is 0 Å². The molecule has 0 radical (unpaired) electrons. The molecule has 1 aromatic carbocycles. The van der Waals surface area contributed by atoms with Crippen molar-refractivity contribution in [2.75, 3.05) is 26.2 Å². The van der Waals surface area contributed by atoms with Crippen LogP contribution < -0.4 is 10.6 Å². The number of carbonyl (C=O) groups excluding carboxylic acids is 1. The average Bonchev–Trinajstić information content (AvgIpc) is 2.59. The van der Waals surface area contributed by atoms with Crippen LogP contribution in [-0.2, 0) is 6.42 Å². The van der Waals surface area contributed by atoms with Crippen LogP contribution in [0, 0.1) is 5.92 Å². The highest BCUT2D eigenvalue weighted by atomic mass is 16.3. The predicted molar refractivity (Wildman–Crippen MR) is 97.0 cm³/mol. The second kappa shape index (κ2) is 9.64. The van der Waals surface area contributed by atoms with Crippen molar-refractivity contribution in [2.45, 2.75) is 45.3 Å². The maximum atomic E-state index is 11.9. The maximum Gasteiger partial charge on any atom is 0.314 e. The molecule has 0 spiro atoms. The second-order valence-corrected chi connectivity index (χ2v) is 7.03. The van der Waals surface area contributed by atoms with Crippen molar-refractivity contribution in [3.05, 3.63) is 35.9 Å². The molecule has 1 aliphatic heterocycles. The van der Waals surface area contributed by atoms with Gasteiger partial charge in [0.2, 0.25) is 0 Å². The van der Waals surface area contributed by atoms with Crippen LogP contribution in [0.25, 0.3) is 0 Å². The van der Waals surface area contributed by atoms with Crippen molar-refractivity contribution < 1.29 is 9.90 Å². The van der Waals surface area contributed by atoms with Crippen molar-refractivity contribution in [1.29, 1.82) is 0 Å². The lowest BCUT2D eigenvalue weighted by atomic mass is 9.97. The van der Waals surface area contributed by atoms with Crippen molar-refractivity contribution in [1.82, 2.24) is 15.5 Å². The number of rotatable bonds is 7. The lowest BCUT2D eigenvalue weighted by Gasteiger charge is -2.35. The van der Waals surface area contributed by atoms with Crippen molar-refractivity contribution in [3.8, 4) is 0 Å². The third-order valence-corrected chi connectivity index (χ3v) is 4.64. The largest absolute Gasteiger partial charge is 0.391 e. The molecule has 0 aromatic heterocycles. The molecule has 1 fully saturated rings. The van der Waals surface area contributed by atoms with Gasteiger partial charge in [0.05, 0.1) is 6.10 Å². The van der Waals surface area contributed by atoms with Crippen molar-refractivity contribution >= 4 is 6.03 Å². The third-order valence-electron chi connectivity index (χ3n) is 4.64. The SMILES string of the molecule is CC(C)N1CCCC(CNC(=O)NCC(O)Cc2ccccc2)C1. The quantitative estimate of drug-likeness (QED) is 0.715. The molecular formula is C19H31N3O2. The lowest BCUT2D eigenvalue weighted by Crippen LogP contribution is -2.46. The van der Waals surface area contributed by atoms with E-state index in [0.717, 1.165) is 18.7 Å². The Balaban J connectivity index is 1.62. The number of urea groups is 1. The molecule has 1 aromatic rings. The molecule has 1 heterocycles. The Kier molecular flexibility index (Phi) is 7.53. The summed E-state index contributed by atoms with van der Waals surface area (Å²) in [7, 11) is 0. The minimum atomic E-state index is -0.565. The molecule has 0 saturated carbocycles. The van der Waals surface area contributed by atoms with Gasteiger partial charge in [0.25, 0.3) is 0 Å². The number of nitrogens with zero attached hydrogens (tertiary/aromatic N) is 1. The number of hydrogen-bond donors (Lipinski definition) is 3. The number of amides is 2. The van der Waals surface area contributed by atoms with E-state index in [1.807, 2.05) is 30.3 Å².